The molecule has 2 fully saturated rings. The molecule has 4 rings (SSSR count). The second kappa shape index (κ2) is 7.48. The van der Waals surface area contributed by atoms with Crippen molar-refractivity contribution in [3.63, 3.8) is 0 Å². The zero-order valence-electron chi connectivity index (χ0n) is 14.7. The van der Waals surface area contributed by atoms with Gasteiger partial charge in [0.2, 0.25) is 0 Å². The topological polar surface area (TPSA) is 60.6 Å². The summed E-state index contributed by atoms with van der Waals surface area (Å²) in [5.41, 5.74) is 1.69. The molecule has 0 bridgehead atoms. The van der Waals surface area contributed by atoms with E-state index in [1.807, 2.05) is 24.3 Å². The maximum Gasteiger partial charge on any atom is 0.343 e. The minimum Gasteiger partial charge on any atom is -0.488 e. The van der Waals surface area contributed by atoms with Gasteiger partial charge in [-0.15, -0.1) is 0 Å². The van der Waals surface area contributed by atoms with Crippen LogP contribution in [0.3, 0.4) is 0 Å². The van der Waals surface area contributed by atoms with Gasteiger partial charge in [-0.2, -0.15) is 0 Å². The van der Waals surface area contributed by atoms with Crippen molar-refractivity contribution in [3.8, 4) is 11.5 Å². The largest absolute Gasteiger partial charge is 0.488 e. The third-order valence-electron chi connectivity index (χ3n) is 4.55. The molecule has 136 valence electrons. The van der Waals surface area contributed by atoms with Crippen LogP contribution in [0.25, 0.3) is 0 Å². The molecule has 3 unspecified atom stereocenters. The number of hydrogen-bond acceptors (Lipinski definition) is 5. The molecule has 0 spiro atoms. The average Bonchev–Trinajstić information content (AvgIpc) is 3.56. The van der Waals surface area contributed by atoms with Crippen LogP contribution in [-0.4, -0.2) is 37.5 Å². The van der Waals surface area contributed by atoms with Gasteiger partial charge in [-0.3, -0.25) is 0 Å². The van der Waals surface area contributed by atoms with Crippen LogP contribution in [0.5, 0.6) is 11.5 Å². The fourth-order valence-corrected chi connectivity index (χ4v) is 2.85. The highest BCUT2D eigenvalue weighted by Crippen LogP contribution is 2.25. The molecule has 5 nitrogen and oxygen atoms in total. The van der Waals surface area contributed by atoms with Gasteiger partial charge in [0.05, 0.1) is 24.9 Å². The molecule has 2 aromatic rings. The standard InChI is InChI=1S/C21H22O5/c1-2-19(20-13-24-20)25-16-7-9-17(10-8-16)26-21(22)15-5-3-14(4-6-15)11-18-12-23-18/h3-10,18-20H,2,11-13H2,1H3. The third kappa shape index (κ3) is 4.42. The van der Waals surface area contributed by atoms with Gasteiger partial charge in [0.1, 0.15) is 23.7 Å². The fraction of sp³-hybridized carbons (Fsp3) is 0.381. The molecule has 0 aliphatic carbocycles. The predicted octanol–water partition coefficient (Wildman–Crippen LogP) is 3.40. The molecule has 2 aliphatic rings. The highest BCUT2D eigenvalue weighted by Gasteiger charge is 2.33. The Bertz CT molecular complexity index is 745. The molecule has 3 atom stereocenters. The van der Waals surface area contributed by atoms with Gasteiger partial charge in [-0.25, -0.2) is 4.79 Å². The van der Waals surface area contributed by atoms with E-state index in [4.69, 9.17) is 18.9 Å². The van der Waals surface area contributed by atoms with Gasteiger partial charge in [-0.1, -0.05) is 19.1 Å². The van der Waals surface area contributed by atoms with E-state index in [9.17, 15) is 4.79 Å². The zero-order chi connectivity index (χ0) is 17.9. The Balaban J connectivity index is 1.33. The van der Waals surface area contributed by atoms with Gasteiger partial charge < -0.3 is 18.9 Å². The van der Waals surface area contributed by atoms with E-state index in [2.05, 4.69) is 6.92 Å². The fourth-order valence-electron chi connectivity index (χ4n) is 2.85. The second-order valence-electron chi connectivity index (χ2n) is 6.65. The van der Waals surface area contributed by atoms with Crippen molar-refractivity contribution >= 4 is 5.97 Å². The van der Waals surface area contributed by atoms with Crippen LogP contribution in [0.1, 0.15) is 29.3 Å². The Morgan fingerprint density at radius 2 is 1.69 bits per heavy atom. The summed E-state index contributed by atoms with van der Waals surface area (Å²) in [6, 6.07) is 14.6. The lowest BCUT2D eigenvalue weighted by Crippen LogP contribution is -2.22. The molecule has 2 aliphatic heterocycles. The van der Waals surface area contributed by atoms with E-state index in [0.29, 0.717) is 17.4 Å². The molecule has 2 saturated heterocycles. The Hall–Kier alpha value is -2.37. The van der Waals surface area contributed by atoms with Crippen LogP contribution in [0.15, 0.2) is 48.5 Å². The highest BCUT2D eigenvalue weighted by atomic mass is 16.6. The predicted molar refractivity (Wildman–Crippen MR) is 95.7 cm³/mol. The van der Waals surface area contributed by atoms with Gasteiger partial charge in [0.25, 0.3) is 0 Å². The minimum atomic E-state index is -0.370. The summed E-state index contributed by atoms with van der Waals surface area (Å²) in [5, 5.41) is 0. The summed E-state index contributed by atoms with van der Waals surface area (Å²) in [4.78, 5) is 12.3. The van der Waals surface area contributed by atoms with Crippen LogP contribution in [-0.2, 0) is 15.9 Å². The van der Waals surface area contributed by atoms with E-state index >= 15 is 0 Å². The first-order valence-electron chi connectivity index (χ1n) is 9.02. The van der Waals surface area contributed by atoms with Crippen LogP contribution in [0.2, 0.25) is 0 Å². The van der Waals surface area contributed by atoms with Gasteiger partial charge in [0.15, 0.2) is 0 Å². The van der Waals surface area contributed by atoms with E-state index in [1.165, 1.54) is 0 Å². The van der Waals surface area contributed by atoms with Gasteiger partial charge >= 0.3 is 5.97 Å². The van der Waals surface area contributed by atoms with E-state index in [1.54, 1.807) is 24.3 Å². The van der Waals surface area contributed by atoms with E-state index in [0.717, 1.165) is 37.4 Å². The minimum absolute atomic E-state index is 0.0722. The zero-order valence-corrected chi connectivity index (χ0v) is 14.7. The second-order valence-corrected chi connectivity index (χ2v) is 6.65. The Labute approximate surface area is 152 Å². The molecule has 2 heterocycles. The summed E-state index contributed by atoms with van der Waals surface area (Å²) < 4.78 is 21.9. The lowest BCUT2D eigenvalue weighted by Gasteiger charge is -2.15. The monoisotopic (exact) mass is 354 g/mol. The van der Waals surface area contributed by atoms with Crippen molar-refractivity contribution in [2.75, 3.05) is 13.2 Å². The first kappa shape index (κ1) is 17.1. The summed E-state index contributed by atoms with van der Waals surface area (Å²) in [5.74, 6) is 0.873. The quantitative estimate of drug-likeness (QED) is 0.413. The number of rotatable bonds is 8. The number of epoxide rings is 2. The molecule has 5 heteroatoms. The molecule has 2 aromatic carbocycles. The van der Waals surface area contributed by atoms with Gasteiger partial charge in [0, 0.05) is 6.42 Å². The number of carbonyl (C=O) groups excluding carboxylic acids is 1. The molecular formula is C21H22O5. The third-order valence-corrected chi connectivity index (χ3v) is 4.55. The van der Waals surface area contributed by atoms with Crippen LogP contribution in [0.4, 0.5) is 0 Å². The molecular weight excluding hydrogens is 332 g/mol. The van der Waals surface area contributed by atoms with Crippen LogP contribution < -0.4 is 9.47 Å². The SMILES string of the molecule is CCC(Oc1ccc(OC(=O)c2ccc(CC3CO3)cc2)cc1)C1CO1. The molecule has 0 saturated carbocycles. The number of esters is 1. The lowest BCUT2D eigenvalue weighted by atomic mass is 10.1. The summed E-state index contributed by atoms with van der Waals surface area (Å²) in [6.07, 6.45) is 2.40. The number of carbonyl (C=O) groups is 1. The number of ether oxygens (including phenoxy) is 4. The van der Waals surface area contributed by atoms with Crippen molar-refractivity contribution in [3.05, 3.63) is 59.7 Å². The highest BCUT2D eigenvalue weighted by molar-refractivity contribution is 5.91. The maximum absolute atomic E-state index is 12.3. The molecule has 0 N–H and O–H groups in total. The molecule has 26 heavy (non-hydrogen) atoms. The Morgan fingerprint density at radius 1 is 1.04 bits per heavy atom. The summed E-state index contributed by atoms with van der Waals surface area (Å²) in [7, 11) is 0. The summed E-state index contributed by atoms with van der Waals surface area (Å²) >= 11 is 0. The smallest absolute Gasteiger partial charge is 0.343 e. The lowest BCUT2D eigenvalue weighted by molar-refractivity contribution is 0.0734. The van der Waals surface area contributed by atoms with Gasteiger partial charge in [-0.05, 0) is 48.4 Å². The van der Waals surface area contributed by atoms with Crippen molar-refractivity contribution in [2.24, 2.45) is 0 Å². The molecule has 0 radical (unpaired) electrons. The maximum atomic E-state index is 12.3. The molecule has 0 amide bonds. The first-order chi connectivity index (χ1) is 12.7. The van der Waals surface area contributed by atoms with E-state index in [-0.39, 0.29) is 18.2 Å². The average molecular weight is 354 g/mol. The van der Waals surface area contributed by atoms with E-state index < -0.39 is 0 Å². The van der Waals surface area contributed by atoms with Crippen LogP contribution in [0, 0.1) is 0 Å². The normalized spacial score (nSPS) is 21.7. The number of benzene rings is 2. The van der Waals surface area contributed by atoms with Crippen molar-refractivity contribution in [1.82, 2.24) is 0 Å². The van der Waals surface area contributed by atoms with Crippen molar-refractivity contribution in [2.45, 2.75) is 38.1 Å². The van der Waals surface area contributed by atoms with Crippen LogP contribution >= 0.6 is 0 Å². The van der Waals surface area contributed by atoms with Crippen molar-refractivity contribution in [1.29, 1.82) is 0 Å². The van der Waals surface area contributed by atoms with Crippen molar-refractivity contribution < 1.29 is 23.7 Å². The number of hydrogen-bond donors (Lipinski definition) is 0. The first-order valence-corrected chi connectivity index (χ1v) is 9.02. The Morgan fingerprint density at radius 3 is 2.27 bits per heavy atom. The Kier molecular flexibility index (Phi) is 4.91. The summed E-state index contributed by atoms with van der Waals surface area (Å²) in [6.45, 7) is 3.67. The molecule has 0 aromatic heterocycles.